The fraction of sp³-hybridized carbons (Fsp3) is 0.312. The lowest BCUT2D eigenvalue weighted by molar-refractivity contribution is -0.137. The third kappa shape index (κ3) is 5.09. The molecule has 0 fully saturated rings. The number of halogens is 3. The van der Waals surface area contributed by atoms with Gasteiger partial charge in [0.1, 0.15) is 5.82 Å². The summed E-state index contributed by atoms with van der Waals surface area (Å²) >= 11 is 1.21. The van der Waals surface area contributed by atoms with E-state index in [9.17, 15) is 18.0 Å². The van der Waals surface area contributed by atoms with Gasteiger partial charge in [0.25, 0.3) is 0 Å². The number of aromatic nitrogens is 3. The Bertz CT molecular complexity index is 741. The third-order valence-electron chi connectivity index (χ3n) is 3.25. The lowest BCUT2D eigenvalue weighted by Gasteiger charge is -2.09. The molecule has 0 saturated carbocycles. The highest BCUT2D eigenvalue weighted by Crippen LogP contribution is 2.29. The molecule has 2 aromatic rings. The number of hydrogen-bond donors (Lipinski definition) is 1. The molecule has 0 atom stereocenters. The number of thioether (sulfide) groups is 1. The first-order chi connectivity index (χ1) is 11.8. The number of rotatable bonds is 7. The van der Waals surface area contributed by atoms with Gasteiger partial charge in [0.15, 0.2) is 5.16 Å². The van der Waals surface area contributed by atoms with E-state index in [4.69, 9.17) is 0 Å². The summed E-state index contributed by atoms with van der Waals surface area (Å²) in [7, 11) is 0. The molecule has 5 nitrogen and oxygen atoms in total. The maximum absolute atomic E-state index is 12.5. The molecule has 134 valence electrons. The zero-order valence-corrected chi connectivity index (χ0v) is 14.3. The second-order valence-corrected chi connectivity index (χ2v) is 6.01. The fourth-order valence-corrected chi connectivity index (χ4v) is 2.84. The number of alkyl halides is 3. The number of benzene rings is 1. The lowest BCUT2D eigenvalue weighted by atomic mass is 10.2. The van der Waals surface area contributed by atoms with Crippen molar-refractivity contribution in [2.75, 3.05) is 11.1 Å². The summed E-state index contributed by atoms with van der Waals surface area (Å²) in [6.07, 6.45) is -1.97. The van der Waals surface area contributed by atoms with Crippen molar-refractivity contribution in [3.8, 4) is 0 Å². The van der Waals surface area contributed by atoms with Crippen LogP contribution in [0.15, 0.2) is 42.1 Å². The third-order valence-corrected chi connectivity index (χ3v) is 4.22. The number of aryl methyl sites for hydroxylation is 1. The molecule has 9 heteroatoms. The van der Waals surface area contributed by atoms with E-state index in [-0.39, 0.29) is 11.7 Å². The Labute approximate surface area is 147 Å². The monoisotopic (exact) mass is 370 g/mol. The quantitative estimate of drug-likeness (QED) is 0.595. The molecule has 0 aliphatic carbocycles. The highest BCUT2D eigenvalue weighted by molar-refractivity contribution is 7.99. The maximum atomic E-state index is 12.5. The van der Waals surface area contributed by atoms with Crippen molar-refractivity contribution in [2.24, 2.45) is 0 Å². The number of carbonyl (C=O) groups is 1. The Morgan fingerprint density at radius 2 is 2.00 bits per heavy atom. The maximum Gasteiger partial charge on any atom is 0.416 e. The molecule has 1 heterocycles. The zero-order valence-electron chi connectivity index (χ0n) is 13.5. The van der Waals surface area contributed by atoms with Crippen LogP contribution in [0, 0.1) is 0 Å². The molecular weight excluding hydrogens is 353 g/mol. The van der Waals surface area contributed by atoms with Gasteiger partial charge in [-0.25, -0.2) is 0 Å². The van der Waals surface area contributed by atoms with E-state index >= 15 is 0 Å². The molecule has 0 aliphatic rings. The van der Waals surface area contributed by atoms with Crippen LogP contribution in [0.1, 0.15) is 18.3 Å². The van der Waals surface area contributed by atoms with E-state index in [2.05, 4.69) is 22.1 Å². The Hall–Kier alpha value is -2.29. The molecular formula is C16H17F3N4OS. The Morgan fingerprint density at radius 1 is 1.32 bits per heavy atom. The molecule has 2 rings (SSSR count). The minimum Gasteiger partial charge on any atom is -0.325 e. The van der Waals surface area contributed by atoms with E-state index in [0.717, 1.165) is 18.0 Å². The van der Waals surface area contributed by atoms with E-state index in [1.165, 1.54) is 23.9 Å². The van der Waals surface area contributed by atoms with Crippen molar-refractivity contribution in [2.45, 2.75) is 31.2 Å². The molecule has 1 amide bonds. The number of amides is 1. The molecule has 0 unspecified atom stereocenters. The summed E-state index contributed by atoms with van der Waals surface area (Å²) in [5, 5.41) is 11.3. The number of carbonyl (C=O) groups excluding carboxylic acids is 1. The second kappa shape index (κ2) is 8.19. The predicted molar refractivity (Wildman–Crippen MR) is 90.4 cm³/mol. The van der Waals surface area contributed by atoms with Gasteiger partial charge in [-0.3, -0.25) is 4.79 Å². The second-order valence-electron chi connectivity index (χ2n) is 5.06. The first kappa shape index (κ1) is 19.0. The van der Waals surface area contributed by atoms with Gasteiger partial charge in [0.2, 0.25) is 5.91 Å². The number of anilines is 1. The molecule has 25 heavy (non-hydrogen) atoms. The average molecular weight is 370 g/mol. The van der Waals surface area contributed by atoms with Crippen molar-refractivity contribution in [1.29, 1.82) is 0 Å². The normalized spacial score (nSPS) is 11.4. The van der Waals surface area contributed by atoms with Gasteiger partial charge in [-0.15, -0.1) is 16.8 Å². The van der Waals surface area contributed by atoms with Gasteiger partial charge >= 0.3 is 6.18 Å². The zero-order chi connectivity index (χ0) is 18.4. The molecule has 1 aromatic heterocycles. The van der Waals surface area contributed by atoms with E-state index in [1.54, 1.807) is 6.08 Å². The van der Waals surface area contributed by atoms with Gasteiger partial charge in [-0.2, -0.15) is 13.2 Å². The molecule has 0 radical (unpaired) electrons. The van der Waals surface area contributed by atoms with Crippen LogP contribution in [-0.4, -0.2) is 26.4 Å². The minimum atomic E-state index is -4.40. The van der Waals surface area contributed by atoms with Crippen LogP contribution in [0.25, 0.3) is 0 Å². The van der Waals surface area contributed by atoms with Gasteiger partial charge in [-0.1, -0.05) is 24.8 Å². The number of allylic oxidation sites excluding steroid dienone is 1. The van der Waals surface area contributed by atoms with Crippen LogP contribution >= 0.6 is 11.8 Å². The van der Waals surface area contributed by atoms with Crippen LogP contribution in [0.5, 0.6) is 0 Å². The fourth-order valence-electron chi connectivity index (χ4n) is 2.07. The van der Waals surface area contributed by atoms with Crippen molar-refractivity contribution >= 4 is 23.4 Å². The van der Waals surface area contributed by atoms with Gasteiger partial charge in [0, 0.05) is 18.7 Å². The van der Waals surface area contributed by atoms with E-state index in [0.29, 0.717) is 23.8 Å². The molecule has 1 N–H and O–H groups in total. The molecule has 0 saturated heterocycles. The first-order valence-electron chi connectivity index (χ1n) is 7.48. The standard InChI is InChI=1S/C16H17F3N4OS/c1-3-9-23-13(4-2)21-22-15(23)25-10-14(24)20-12-7-5-11(6-8-12)16(17,18)19/h3,5-8H,1,4,9-10H2,2H3,(H,20,24). The van der Waals surface area contributed by atoms with Crippen LogP contribution in [-0.2, 0) is 23.9 Å². The van der Waals surface area contributed by atoms with Crippen molar-refractivity contribution < 1.29 is 18.0 Å². The van der Waals surface area contributed by atoms with Crippen LogP contribution in [0.2, 0.25) is 0 Å². The molecule has 0 bridgehead atoms. The Balaban J connectivity index is 1.95. The summed E-state index contributed by atoms with van der Waals surface area (Å²) in [4.78, 5) is 12.0. The van der Waals surface area contributed by atoms with Crippen LogP contribution in [0.4, 0.5) is 18.9 Å². The predicted octanol–water partition coefficient (Wildman–Crippen LogP) is 3.78. The Kier molecular flexibility index (Phi) is 6.24. The lowest BCUT2D eigenvalue weighted by Crippen LogP contribution is -2.15. The molecule has 1 aromatic carbocycles. The first-order valence-corrected chi connectivity index (χ1v) is 8.46. The van der Waals surface area contributed by atoms with Crippen LogP contribution < -0.4 is 5.32 Å². The van der Waals surface area contributed by atoms with Gasteiger partial charge < -0.3 is 9.88 Å². The minimum absolute atomic E-state index is 0.0695. The van der Waals surface area contributed by atoms with Crippen molar-refractivity contribution in [3.63, 3.8) is 0 Å². The average Bonchev–Trinajstić information content (AvgIpc) is 2.95. The van der Waals surface area contributed by atoms with E-state index in [1.807, 2.05) is 11.5 Å². The summed E-state index contributed by atoms with van der Waals surface area (Å²) in [6, 6.07) is 4.30. The highest BCUT2D eigenvalue weighted by Gasteiger charge is 2.29. The van der Waals surface area contributed by atoms with Gasteiger partial charge in [0.05, 0.1) is 11.3 Å². The number of nitrogens with zero attached hydrogens (tertiary/aromatic N) is 3. The van der Waals surface area contributed by atoms with Crippen LogP contribution in [0.3, 0.4) is 0 Å². The summed E-state index contributed by atoms with van der Waals surface area (Å²) in [6.45, 7) is 6.18. The van der Waals surface area contributed by atoms with Crippen molar-refractivity contribution in [1.82, 2.24) is 14.8 Å². The molecule has 0 spiro atoms. The summed E-state index contributed by atoms with van der Waals surface area (Å²) in [5.41, 5.74) is -0.454. The van der Waals surface area contributed by atoms with Crippen molar-refractivity contribution in [3.05, 3.63) is 48.3 Å². The topological polar surface area (TPSA) is 59.8 Å². The SMILES string of the molecule is C=CCn1c(CC)nnc1SCC(=O)Nc1ccc(C(F)(F)F)cc1. The van der Waals surface area contributed by atoms with Gasteiger partial charge in [-0.05, 0) is 24.3 Å². The van der Waals surface area contributed by atoms with E-state index < -0.39 is 11.7 Å². The summed E-state index contributed by atoms with van der Waals surface area (Å²) < 4.78 is 39.4. The summed E-state index contributed by atoms with van der Waals surface area (Å²) in [5.74, 6) is 0.529. The molecule has 0 aliphatic heterocycles. The number of nitrogens with one attached hydrogen (secondary N) is 1. The largest absolute Gasteiger partial charge is 0.416 e. The Morgan fingerprint density at radius 3 is 2.56 bits per heavy atom. The number of hydrogen-bond acceptors (Lipinski definition) is 4. The highest BCUT2D eigenvalue weighted by atomic mass is 32.2. The smallest absolute Gasteiger partial charge is 0.325 e.